The van der Waals surface area contributed by atoms with Gasteiger partial charge in [-0.05, 0) is 30.5 Å². The number of unbranched alkanes of at least 4 members (excludes halogenated alkanes) is 1. The van der Waals surface area contributed by atoms with E-state index in [1.165, 1.54) is 11.8 Å². The number of nitriles is 1. The minimum atomic E-state index is -0.0987. The van der Waals surface area contributed by atoms with Crippen molar-refractivity contribution >= 4 is 11.8 Å². The Morgan fingerprint density at radius 2 is 2.10 bits per heavy atom. The van der Waals surface area contributed by atoms with Crippen LogP contribution in [-0.4, -0.2) is 9.97 Å². The van der Waals surface area contributed by atoms with Crippen LogP contribution in [0.15, 0.2) is 40.3 Å². The van der Waals surface area contributed by atoms with Crippen LogP contribution in [0, 0.1) is 11.3 Å². The largest absolute Gasteiger partial charge is 0.301 e. The fraction of sp³-hybridized carbons (Fsp3) is 0.312. The second-order valence-electron chi connectivity index (χ2n) is 4.74. The average molecular weight is 299 g/mol. The normalized spacial score (nSPS) is 10.3. The third-order valence-corrected chi connectivity index (χ3v) is 3.96. The van der Waals surface area contributed by atoms with Gasteiger partial charge in [0.05, 0.1) is 11.6 Å². The van der Waals surface area contributed by atoms with Gasteiger partial charge in [0.25, 0.3) is 5.56 Å². The molecule has 1 aromatic heterocycles. The molecule has 5 heteroatoms. The lowest BCUT2D eigenvalue weighted by Gasteiger charge is -2.04. The highest BCUT2D eigenvalue weighted by atomic mass is 32.2. The summed E-state index contributed by atoms with van der Waals surface area (Å²) in [5, 5.41) is 9.41. The Kier molecular flexibility index (Phi) is 5.59. The van der Waals surface area contributed by atoms with Gasteiger partial charge in [-0.15, -0.1) is 0 Å². The van der Waals surface area contributed by atoms with E-state index in [4.69, 9.17) is 5.26 Å². The number of aryl methyl sites for hydroxylation is 1. The molecule has 2 aromatic rings. The summed E-state index contributed by atoms with van der Waals surface area (Å²) in [7, 11) is 0. The first-order valence-corrected chi connectivity index (χ1v) is 7.92. The van der Waals surface area contributed by atoms with E-state index in [2.05, 4.69) is 23.0 Å². The second-order valence-corrected chi connectivity index (χ2v) is 5.71. The molecule has 0 atom stereocenters. The van der Waals surface area contributed by atoms with Gasteiger partial charge >= 0.3 is 0 Å². The molecule has 1 heterocycles. The SMILES string of the molecule is CCCCc1cc(=O)[nH]c(SCc2ccc(C#N)cc2)n1. The molecule has 2 rings (SSSR count). The second kappa shape index (κ2) is 7.65. The van der Waals surface area contributed by atoms with Crippen LogP contribution in [-0.2, 0) is 12.2 Å². The lowest BCUT2D eigenvalue weighted by molar-refractivity contribution is 0.752. The van der Waals surface area contributed by atoms with Gasteiger partial charge in [0, 0.05) is 17.5 Å². The number of nitrogens with one attached hydrogen (secondary N) is 1. The van der Waals surface area contributed by atoms with Gasteiger partial charge in [-0.2, -0.15) is 5.26 Å². The number of hydrogen-bond acceptors (Lipinski definition) is 4. The molecule has 0 spiro atoms. The Morgan fingerprint density at radius 1 is 1.33 bits per heavy atom. The van der Waals surface area contributed by atoms with Crippen molar-refractivity contribution in [1.82, 2.24) is 9.97 Å². The molecule has 0 aliphatic heterocycles. The highest BCUT2D eigenvalue weighted by molar-refractivity contribution is 7.98. The molecule has 0 aliphatic rings. The van der Waals surface area contributed by atoms with Gasteiger partial charge in [0.2, 0.25) is 0 Å². The van der Waals surface area contributed by atoms with Crippen molar-refractivity contribution in [2.24, 2.45) is 0 Å². The van der Waals surface area contributed by atoms with E-state index in [1.807, 2.05) is 12.1 Å². The summed E-state index contributed by atoms with van der Waals surface area (Å²) in [6, 6.07) is 11.1. The summed E-state index contributed by atoms with van der Waals surface area (Å²) in [6.07, 6.45) is 2.96. The Bertz CT molecular complexity index is 686. The van der Waals surface area contributed by atoms with Gasteiger partial charge in [-0.25, -0.2) is 4.98 Å². The first-order valence-electron chi connectivity index (χ1n) is 6.93. The molecule has 0 unspecified atom stereocenters. The number of rotatable bonds is 6. The maximum Gasteiger partial charge on any atom is 0.251 e. The smallest absolute Gasteiger partial charge is 0.251 e. The first-order chi connectivity index (χ1) is 10.2. The molecule has 0 aliphatic carbocycles. The lowest BCUT2D eigenvalue weighted by atomic mass is 10.2. The topological polar surface area (TPSA) is 69.5 Å². The third-order valence-electron chi connectivity index (χ3n) is 3.02. The highest BCUT2D eigenvalue weighted by Crippen LogP contribution is 2.19. The van der Waals surface area contributed by atoms with Crippen LogP contribution in [0.2, 0.25) is 0 Å². The summed E-state index contributed by atoms with van der Waals surface area (Å²) >= 11 is 1.50. The first kappa shape index (κ1) is 15.3. The van der Waals surface area contributed by atoms with E-state index in [1.54, 1.807) is 18.2 Å². The Balaban J connectivity index is 2.03. The van der Waals surface area contributed by atoms with Gasteiger partial charge in [0.15, 0.2) is 5.16 Å². The lowest BCUT2D eigenvalue weighted by Crippen LogP contribution is -2.10. The molecule has 0 fully saturated rings. The molecule has 0 radical (unpaired) electrons. The van der Waals surface area contributed by atoms with Crippen molar-refractivity contribution < 1.29 is 0 Å². The fourth-order valence-electron chi connectivity index (χ4n) is 1.86. The molecule has 0 bridgehead atoms. The Hall–Kier alpha value is -2.06. The van der Waals surface area contributed by atoms with Crippen molar-refractivity contribution in [3.63, 3.8) is 0 Å². The standard InChI is InChI=1S/C16H17N3OS/c1-2-3-4-14-9-15(20)19-16(18-14)21-11-13-7-5-12(10-17)6-8-13/h5-9H,2-4,11H2,1H3,(H,18,19,20). The summed E-state index contributed by atoms with van der Waals surface area (Å²) < 4.78 is 0. The van der Waals surface area contributed by atoms with E-state index in [0.717, 1.165) is 30.5 Å². The Morgan fingerprint density at radius 3 is 2.76 bits per heavy atom. The number of aromatic nitrogens is 2. The summed E-state index contributed by atoms with van der Waals surface area (Å²) in [5.74, 6) is 0.714. The minimum Gasteiger partial charge on any atom is -0.301 e. The predicted octanol–water partition coefficient (Wildman–Crippen LogP) is 3.28. The molecule has 0 amide bonds. The Labute approximate surface area is 128 Å². The van der Waals surface area contributed by atoms with Crippen LogP contribution in [0.4, 0.5) is 0 Å². The van der Waals surface area contributed by atoms with Crippen molar-refractivity contribution in [1.29, 1.82) is 5.26 Å². The summed E-state index contributed by atoms with van der Waals surface area (Å²) in [6.45, 7) is 2.12. The van der Waals surface area contributed by atoms with Crippen LogP contribution in [0.5, 0.6) is 0 Å². The molecule has 4 nitrogen and oxygen atoms in total. The number of benzene rings is 1. The maximum atomic E-state index is 11.6. The number of nitrogens with zero attached hydrogens (tertiary/aromatic N) is 2. The molecular formula is C16H17N3OS. The van der Waals surface area contributed by atoms with E-state index in [0.29, 0.717) is 16.5 Å². The monoisotopic (exact) mass is 299 g/mol. The molecule has 0 saturated heterocycles. The number of H-pyrrole nitrogens is 1. The van der Waals surface area contributed by atoms with Crippen LogP contribution in [0.25, 0.3) is 0 Å². The third kappa shape index (κ3) is 4.76. The van der Waals surface area contributed by atoms with Crippen molar-refractivity contribution in [3.05, 3.63) is 57.5 Å². The van der Waals surface area contributed by atoms with Crippen molar-refractivity contribution in [2.75, 3.05) is 0 Å². The molecule has 108 valence electrons. The zero-order valence-electron chi connectivity index (χ0n) is 11.9. The van der Waals surface area contributed by atoms with E-state index in [-0.39, 0.29) is 5.56 Å². The fourth-order valence-corrected chi connectivity index (χ4v) is 2.72. The van der Waals surface area contributed by atoms with E-state index in [9.17, 15) is 4.79 Å². The van der Waals surface area contributed by atoms with E-state index >= 15 is 0 Å². The molecule has 0 saturated carbocycles. The van der Waals surface area contributed by atoms with Crippen LogP contribution >= 0.6 is 11.8 Å². The minimum absolute atomic E-state index is 0.0987. The highest BCUT2D eigenvalue weighted by Gasteiger charge is 2.03. The zero-order chi connectivity index (χ0) is 15.1. The number of aromatic amines is 1. The average Bonchev–Trinajstić information content (AvgIpc) is 2.51. The zero-order valence-corrected chi connectivity index (χ0v) is 12.7. The quantitative estimate of drug-likeness (QED) is 0.656. The predicted molar refractivity (Wildman–Crippen MR) is 84.2 cm³/mol. The molecule has 1 N–H and O–H groups in total. The van der Waals surface area contributed by atoms with Gasteiger partial charge < -0.3 is 4.98 Å². The maximum absolute atomic E-state index is 11.6. The van der Waals surface area contributed by atoms with Crippen molar-refractivity contribution in [3.8, 4) is 6.07 Å². The molecular weight excluding hydrogens is 282 g/mol. The molecule has 21 heavy (non-hydrogen) atoms. The van der Waals surface area contributed by atoms with Gasteiger partial charge in [-0.3, -0.25) is 4.79 Å². The van der Waals surface area contributed by atoms with Gasteiger partial charge in [-0.1, -0.05) is 37.2 Å². The summed E-state index contributed by atoms with van der Waals surface area (Å²) in [5.41, 5.74) is 2.50. The van der Waals surface area contributed by atoms with E-state index < -0.39 is 0 Å². The van der Waals surface area contributed by atoms with Crippen LogP contribution in [0.1, 0.15) is 36.6 Å². The molecule has 1 aromatic carbocycles. The van der Waals surface area contributed by atoms with Gasteiger partial charge in [0.1, 0.15) is 0 Å². The number of thioether (sulfide) groups is 1. The number of hydrogen-bond donors (Lipinski definition) is 1. The van der Waals surface area contributed by atoms with Crippen LogP contribution < -0.4 is 5.56 Å². The van der Waals surface area contributed by atoms with Crippen LogP contribution in [0.3, 0.4) is 0 Å². The van der Waals surface area contributed by atoms with Crippen molar-refractivity contribution in [2.45, 2.75) is 37.1 Å². The summed E-state index contributed by atoms with van der Waals surface area (Å²) in [4.78, 5) is 18.9.